The van der Waals surface area contributed by atoms with Crippen LogP contribution in [0, 0.1) is 12.3 Å². The maximum Gasteiger partial charge on any atom is 0.472 e. The molecule has 0 aromatic carbocycles. The molecule has 0 amide bonds. The van der Waals surface area contributed by atoms with Gasteiger partial charge in [0.25, 0.3) is 0 Å². The molecular formula is C14H20N3O7P. The zero-order valence-corrected chi connectivity index (χ0v) is 14.7. The molecule has 0 bridgehead atoms. The number of rotatable bonds is 7. The molecule has 2 rings (SSSR count). The molecule has 0 aliphatic carbocycles. The quantitative estimate of drug-likeness (QED) is 0.510. The summed E-state index contributed by atoms with van der Waals surface area (Å²) in [5.41, 5.74) is 4.83. The monoisotopic (exact) mass is 373 g/mol. The smallest absolute Gasteiger partial charge is 0.383 e. The van der Waals surface area contributed by atoms with Gasteiger partial charge in [0.2, 0.25) is 0 Å². The van der Waals surface area contributed by atoms with Gasteiger partial charge in [0.15, 0.2) is 6.23 Å². The minimum Gasteiger partial charge on any atom is -0.383 e. The third kappa shape index (κ3) is 4.46. The molecule has 5 atom stereocenters. The Kier molecular flexibility index (Phi) is 6.35. The lowest BCUT2D eigenvalue weighted by molar-refractivity contribution is -0.0618. The highest BCUT2D eigenvalue weighted by molar-refractivity contribution is 7.47. The molecule has 1 saturated heterocycles. The van der Waals surface area contributed by atoms with E-state index < -0.39 is 38.1 Å². The van der Waals surface area contributed by atoms with Crippen LogP contribution < -0.4 is 11.4 Å². The molecule has 1 aromatic heterocycles. The number of anilines is 1. The second kappa shape index (κ2) is 8.10. The van der Waals surface area contributed by atoms with Crippen LogP contribution in [0.3, 0.4) is 0 Å². The zero-order chi connectivity index (χ0) is 18.6. The summed E-state index contributed by atoms with van der Waals surface area (Å²) in [5, 5.41) is 0. The summed E-state index contributed by atoms with van der Waals surface area (Å²) in [4.78, 5) is 25.4. The average molecular weight is 373 g/mol. The fourth-order valence-electron chi connectivity index (χ4n) is 2.53. The Labute approximate surface area is 144 Å². The predicted molar refractivity (Wildman–Crippen MR) is 87.4 cm³/mol. The van der Waals surface area contributed by atoms with E-state index >= 15 is 0 Å². The summed E-state index contributed by atoms with van der Waals surface area (Å²) >= 11 is 0. The number of phosphoric acid groups is 1. The van der Waals surface area contributed by atoms with Crippen molar-refractivity contribution >= 4 is 13.6 Å². The largest absolute Gasteiger partial charge is 0.472 e. The van der Waals surface area contributed by atoms with Gasteiger partial charge in [-0.2, -0.15) is 4.98 Å². The molecule has 25 heavy (non-hydrogen) atoms. The first-order chi connectivity index (χ1) is 11.8. The number of terminal acetylenes is 1. The molecule has 3 N–H and O–H groups in total. The van der Waals surface area contributed by atoms with E-state index in [9.17, 15) is 14.3 Å². The Hall–Kier alpha value is -1.73. The van der Waals surface area contributed by atoms with Gasteiger partial charge in [-0.25, -0.2) is 9.36 Å². The van der Waals surface area contributed by atoms with Gasteiger partial charge >= 0.3 is 13.5 Å². The van der Waals surface area contributed by atoms with Crippen molar-refractivity contribution in [3.63, 3.8) is 0 Å². The topological polar surface area (TPSA) is 135 Å². The zero-order valence-electron chi connectivity index (χ0n) is 13.8. The van der Waals surface area contributed by atoms with Crippen molar-refractivity contribution in [2.45, 2.75) is 37.9 Å². The minimum atomic E-state index is -4.32. The van der Waals surface area contributed by atoms with Crippen LogP contribution in [0.15, 0.2) is 17.1 Å². The first-order valence-electron chi connectivity index (χ1n) is 7.45. The van der Waals surface area contributed by atoms with E-state index in [0.29, 0.717) is 6.42 Å². The van der Waals surface area contributed by atoms with Crippen LogP contribution in [0.25, 0.3) is 0 Å². The number of aromatic nitrogens is 2. The minimum absolute atomic E-state index is 0.0550. The summed E-state index contributed by atoms with van der Waals surface area (Å²) in [6.45, 7) is 1.68. The number of nitrogens with zero attached hydrogens (tertiary/aromatic N) is 2. The summed E-state index contributed by atoms with van der Waals surface area (Å²) in [6.07, 6.45) is 3.54. The first-order valence-corrected chi connectivity index (χ1v) is 8.94. The van der Waals surface area contributed by atoms with Crippen molar-refractivity contribution in [1.82, 2.24) is 9.55 Å². The van der Waals surface area contributed by atoms with Crippen LogP contribution >= 0.6 is 7.82 Å². The average Bonchev–Trinajstić information content (AvgIpc) is 2.89. The van der Waals surface area contributed by atoms with Crippen molar-refractivity contribution in [3.8, 4) is 12.3 Å². The SMILES string of the molecule is C#CCO[C@H]1[C@@H](OP(=O)(O)OC)[C@@H](CC)O[C@H]1n1ccc(N)nc1=O. The van der Waals surface area contributed by atoms with Crippen LogP contribution in [0.4, 0.5) is 5.82 Å². The van der Waals surface area contributed by atoms with Crippen molar-refractivity contribution in [2.24, 2.45) is 0 Å². The Bertz CT molecular complexity index is 747. The normalized spacial score (nSPS) is 28.4. The Morgan fingerprint density at radius 1 is 1.56 bits per heavy atom. The van der Waals surface area contributed by atoms with Crippen molar-refractivity contribution in [2.75, 3.05) is 19.5 Å². The maximum absolute atomic E-state index is 12.1. The lowest BCUT2D eigenvalue weighted by Gasteiger charge is -2.25. The second-order valence-electron chi connectivity index (χ2n) is 5.22. The van der Waals surface area contributed by atoms with E-state index in [0.717, 1.165) is 7.11 Å². The van der Waals surface area contributed by atoms with Gasteiger partial charge in [-0.3, -0.25) is 13.6 Å². The third-order valence-corrected chi connectivity index (χ3v) is 4.63. The van der Waals surface area contributed by atoms with Gasteiger partial charge in [0.05, 0.1) is 6.10 Å². The van der Waals surface area contributed by atoms with Crippen LogP contribution in [0.1, 0.15) is 19.6 Å². The summed E-state index contributed by atoms with van der Waals surface area (Å²) < 4.78 is 34.0. The number of nitrogen functional groups attached to an aromatic ring is 1. The molecule has 2 heterocycles. The third-order valence-electron chi connectivity index (χ3n) is 3.66. The molecule has 0 radical (unpaired) electrons. The summed E-state index contributed by atoms with van der Waals surface area (Å²) in [6, 6.07) is 1.42. The number of phosphoric ester groups is 1. The lowest BCUT2D eigenvalue weighted by Crippen LogP contribution is -2.39. The standard InChI is InChI=1S/C14H20N3O7P/c1-4-8-22-12-11(24-25(19,20)21-3)9(5-2)23-13(12)17-7-6-10(15)16-14(17)18/h1,6-7,9,11-13H,5,8H2,2-3H3,(H,19,20)(H2,15,16,18)/t9-,11+,12+,13-/m1/s1. The molecule has 1 unspecified atom stereocenters. The number of ether oxygens (including phenoxy) is 2. The fourth-order valence-corrected chi connectivity index (χ4v) is 3.18. The molecule has 0 saturated carbocycles. The van der Waals surface area contributed by atoms with Gasteiger partial charge in [-0.05, 0) is 12.5 Å². The maximum atomic E-state index is 12.1. The molecule has 1 fully saturated rings. The van der Waals surface area contributed by atoms with E-state index in [4.69, 9.17) is 26.2 Å². The number of hydrogen-bond donors (Lipinski definition) is 2. The van der Waals surface area contributed by atoms with E-state index in [-0.39, 0.29) is 12.4 Å². The van der Waals surface area contributed by atoms with E-state index in [1.807, 2.05) is 0 Å². The molecule has 1 aliphatic heterocycles. The highest BCUT2D eigenvalue weighted by atomic mass is 31.2. The number of hydrogen-bond acceptors (Lipinski definition) is 8. The van der Waals surface area contributed by atoms with Gasteiger partial charge in [-0.1, -0.05) is 12.8 Å². The number of nitrogens with two attached hydrogens (primary N) is 1. The first kappa shape index (κ1) is 19.6. The highest BCUT2D eigenvalue weighted by Crippen LogP contribution is 2.48. The van der Waals surface area contributed by atoms with Crippen LogP contribution in [0.2, 0.25) is 0 Å². The highest BCUT2D eigenvalue weighted by Gasteiger charge is 2.49. The second-order valence-corrected chi connectivity index (χ2v) is 6.73. The Morgan fingerprint density at radius 2 is 2.28 bits per heavy atom. The molecule has 11 heteroatoms. The van der Waals surface area contributed by atoms with Crippen LogP contribution in [-0.2, 0) is 23.1 Å². The fraction of sp³-hybridized carbons (Fsp3) is 0.571. The molecule has 0 spiro atoms. The van der Waals surface area contributed by atoms with Gasteiger partial charge in [0, 0.05) is 13.3 Å². The lowest BCUT2D eigenvalue weighted by atomic mass is 10.1. The van der Waals surface area contributed by atoms with Crippen molar-refractivity contribution in [3.05, 3.63) is 22.7 Å². The van der Waals surface area contributed by atoms with Crippen LogP contribution in [-0.4, -0.2) is 46.5 Å². The van der Waals surface area contributed by atoms with Crippen LogP contribution in [0.5, 0.6) is 0 Å². The van der Waals surface area contributed by atoms with Gasteiger partial charge in [0.1, 0.15) is 24.6 Å². The van der Waals surface area contributed by atoms with E-state index in [1.54, 1.807) is 6.92 Å². The van der Waals surface area contributed by atoms with Crippen molar-refractivity contribution in [1.29, 1.82) is 0 Å². The van der Waals surface area contributed by atoms with Crippen molar-refractivity contribution < 1.29 is 28.0 Å². The molecule has 1 aliphatic rings. The molecule has 138 valence electrons. The molecule has 10 nitrogen and oxygen atoms in total. The Morgan fingerprint density at radius 3 is 2.84 bits per heavy atom. The van der Waals surface area contributed by atoms with Gasteiger partial charge < -0.3 is 20.1 Å². The Balaban J connectivity index is 2.40. The molecular weight excluding hydrogens is 353 g/mol. The molecule has 1 aromatic rings. The predicted octanol–water partition coefficient (Wildman–Crippen LogP) is 0.283. The van der Waals surface area contributed by atoms with E-state index in [2.05, 4.69) is 15.4 Å². The summed E-state index contributed by atoms with van der Waals surface area (Å²) in [5.74, 6) is 2.36. The van der Waals surface area contributed by atoms with Gasteiger partial charge in [-0.15, -0.1) is 6.42 Å². The summed E-state index contributed by atoms with van der Waals surface area (Å²) in [7, 11) is -3.27. The van der Waals surface area contributed by atoms with E-state index in [1.165, 1.54) is 16.8 Å².